The minimum atomic E-state index is -0.323. The molecular formula is C8Li2N6. The molecule has 16 heavy (non-hydrogen) atoms. The van der Waals surface area contributed by atoms with Gasteiger partial charge in [0.05, 0.1) is 6.57 Å². The van der Waals surface area contributed by atoms with Gasteiger partial charge in [-0.3, -0.25) is 11.7 Å². The van der Waals surface area contributed by atoms with Gasteiger partial charge >= 0.3 is 43.6 Å². The van der Waals surface area contributed by atoms with Crippen molar-refractivity contribution >= 4 is 23.4 Å². The van der Waals surface area contributed by atoms with E-state index in [1.165, 1.54) is 0 Å². The molecule has 0 N–H and O–H groups in total. The first-order valence-electron chi connectivity index (χ1n) is 3.24. The summed E-state index contributed by atoms with van der Waals surface area (Å²) in [6, 6.07) is 0. The van der Waals surface area contributed by atoms with E-state index in [2.05, 4.69) is 19.7 Å². The van der Waals surface area contributed by atoms with E-state index in [9.17, 15) is 0 Å². The fourth-order valence-electron chi connectivity index (χ4n) is 0.718. The van der Waals surface area contributed by atoms with Crippen molar-refractivity contribution in [3.8, 4) is 0 Å². The molecule has 1 aliphatic heterocycles. The van der Waals surface area contributed by atoms with Crippen LogP contribution < -0.4 is 37.7 Å². The van der Waals surface area contributed by atoms with Crippen LogP contribution in [0.1, 0.15) is 0 Å². The van der Waals surface area contributed by atoms with E-state index < -0.39 is 0 Å². The van der Waals surface area contributed by atoms with Gasteiger partial charge in [0.1, 0.15) is 5.70 Å². The molecule has 0 aromatic carbocycles. The van der Waals surface area contributed by atoms with Crippen LogP contribution in [0, 0.1) is 13.1 Å². The van der Waals surface area contributed by atoms with E-state index in [4.69, 9.17) is 24.0 Å². The van der Waals surface area contributed by atoms with Crippen LogP contribution in [0.5, 0.6) is 0 Å². The summed E-state index contributed by atoms with van der Waals surface area (Å²) in [5, 5.41) is 17.0. The standard InChI is InChI=1S/C8N6.2Li/c1-11-5(3-9)8-13-6(4-10)7(12-2)14-8;;/q-2;2*+1. The van der Waals surface area contributed by atoms with Crippen LogP contribution in [0.2, 0.25) is 0 Å². The maximum absolute atomic E-state index is 8.52. The zero-order chi connectivity index (χ0) is 10.6. The largest absolute Gasteiger partial charge is 1.00 e. The number of amidine groups is 2. The molecule has 6 nitrogen and oxygen atoms in total. The molecule has 0 saturated carbocycles. The van der Waals surface area contributed by atoms with Crippen molar-refractivity contribution in [1.82, 2.24) is 0 Å². The van der Waals surface area contributed by atoms with Crippen molar-refractivity contribution in [2.24, 2.45) is 9.98 Å². The van der Waals surface area contributed by atoms with E-state index in [0.29, 0.717) is 0 Å². The van der Waals surface area contributed by atoms with Gasteiger partial charge in [-0.05, 0) is 0 Å². The van der Waals surface area contributed by atoms with Crippen LogP contribution in [0.25, 0.3) is 20.5 Å². The smallest absolute Gasteiger partial charge is 0.775 e. The first kappa shape index (κ1) is 16.8. The third kappa shape index (κ3) is 3.22. The first-order chi connectivity index (χ1) is 6.76. The molecule has 64 valence electrons. The average molecular weight is 194 g/mol. The molecule has 1 rings (SSSR count). The van der Waals surface area contributed by atoms with Gasteiger partial charge < -0.3 is 15.7 Å². The Hall–Kier alpha value is -1.59. The van der Waals surface area contributed by atoms with Crippen molar-refractivity contribution in [1.29, 1.82) is 0 Å². The fourth-order valence-corrected chi connectivity index (χ4v) is 0.718. The summed E-state index contributed by atoms with van der Waals surface area (Å²) < 4.78 is 0. The second-order valence-electron chi connectivity index (χ2n) is 2.02. The maximum Gasteiger partial charge on any atom is 1.00 e. The molecule has 1 aliphatic rings. The zero-order valence-electron chi connectivity index (χ0n) is 8.68. The quantitative estimate of drug-likeness (QED) is 0.227. The van der Waals surface area contributed by atoms with Gasteiger partial charge in [0.15, 0.2) is 0 Å². The second-order valence-corrected chi connectivity index (χ2v) is 2.02. The van der Waals surface area contributed by atoms with Crippen molar-refractivity contribution in [3.05, 3.63) is 45.0 Å². The van der Waals surface area contributed by atoms with E-state index in [1.54, 1.807) is 11.7 Å². The molecule has 0 fully saturated rings. The summed E-state index contributed by atoms with van der Waals surface area (Å²) in [4.78, 5) is 13.0. The average Bonchev–Trinajstić information content (AvgIpc) is 2.63. The van der Waals surface area contributed by atoms with Crippen molar-refractivity contribution < 1.29 is 37.7 Å². The Morgan fingerprint density at radius 3 is 2.12 bits per heavy atom. The SMILES string of the molecule is [C-]#[N+]C(=C=[N-])C1=NC(=C=[N-])C([N+]#[C-])=N1.[Li+].[Li+]. The third-order valence-electron chi connectivity index (χ3n) is 1.28. The minimum Gasteiger partial charge on any atom is -0.775 e. The van der Waals surface area contributed by atoms with Crippen molar-refractivity contribution in [2.75, 3.05) is 0 Å². The normalized spacial score (nSPS) is 11.2. The van der Waals surface area contributed by atoms with Crippen LogP contribution in [-0.4, -0.2) is 23.4 Å². The van der Waals surface area contributed by atoms with Crippen molar-refractivity contribution in [3.63, 3.8) is 0 Å². The molecule has 0 spiro atoms. The summed E-state index contributed by atoms with van der Waals surface area (Å²) in [5.41, 5.74) is -0.484. The Morgan fingerprint density at radius 1 is 1.19 bits per heavy atom. The molecule has 0 radical (unpaired) electrons. The Labute approximate surface area is 116 Å². The Balaban J connectivity index is 0. The topological polar surface area (TPSA) is 78.0 Å². The summed E-state index contributed by atoms with van der Waals surface area (Å²) in [6.07, 6.45) is 0. The first-order valence-corrected chi connectivity index (χ1v) is 3.24. The van der Waals surface area contributed by atoms with E-state index in [-0.39, 0.29) is 60.8 Å². The van der Waals surface area contributed by atoms with Gasteiger partial charge in [-0.15, -0.1) is 4.99 Å². The molecule has 0 atom stereocenters. The van der Waals surface area contributed by atoms with Crippen molar-refractivity contribution in [2.45, 2.75) is 0 Å². The van der Waals surface area contributed by atoms with Gasteiger partial charge in [-0.1, -0.05) is 6.57 Å². The predicted octanol–water partition coefficient (Wildman–Crippen LogP) is -5.11. The Kier molecular flexibility index (Phi) is 8.07. The van der Waals surface area contributed by atoms with Gasteiger partial charge in [-0.25, -0.2) is 9.84 Å². The molecule has 0 aliphatic carbocycles. The predicted molar refractivity (Wildman–Crippen MR) is 51.8 cm³/mol. The van der Waals surface area contributed by atoms with Gasteiger partial charge in [0, 0.05) is 0 Å². The number of nitrogens with zero attached hydrogens (tertiary/aromatic N) is 6. The van der Waals surface area contributed by atoms with Crippen LogP contribution >= 0.6 is 0 Å². The summed E-state index contributed by atoms with van der Waals surface area (Å²) in [7, 11) is 0. The fraction of sp³-hybridized carbons (Fsp3) is 0. The number of rotatable bonds is 1. The zero-order valence-corrected chi connectivity index (χ0v) is 8.68. The number of hydrogen-bond acceptors (Lipinski definition) is 2. The van der Waals surface area contributed by atoms with Crippen LogP contribution in [-0.2, 0) is 0 Å². The third-order valence-corrected chi connectivity index (χ3v) is 1.28. The van der Waals surface area contributed by atoms with Gasteiger partial charge in [-0.2, -0.15) is 0 Å². The summed E-state index contributed by atoms with van der Waals surface area (Å²) in [6.45, 7) is 13.3. The molecule has 1 heterocycles. The maximum atomic E-state index is 8.52. The monoisotopic (exact) mass is 194 g/mol. The van der Waals surface area contributed by atoms with E-state index in [0.717, 1.165) is 0 Å². The van der Waals surface area contributed by atoms with Gasteiger partial charge in [0.2, 0.25) is 0 Å². The molecule has 0 saturated heterocycles. The number of hydrogen-bond donors (Lipinski definition) is 0. The summed E-state index contributed by atoms with van der Waals surface area (Å²) in [5.74, 6) is 2.90. The minimum absolute atomic E-state index is 0. The molecule has 0 aromatic heterocycles. The van der Waals surface area contributed by atoms with E-state index >= 15 is 0 Å². The Bertz CT molecular complexity index is 532. The van der Waals surface area contributed by atoms with Crippen LogP contribution in [0.4, 0.5) is 0 Å². The number of aliphatic imine (C=N–C) groups is 2. The van der Waals surface area contributed by atoms with E-state index in [1.807, 2.05) is 0 Å². The molecule has 0 unspecified atom stereocenters. The Morgan fingerprint density at radius 2 is 1.81 bits per heavy atom. The second kappa shape index (κ2) is 7.67. The molecule has 0 aromatic rings. The molecule has 0 bridgehead atoms. The molecule has 0 amide bonds. The van der Waals surface area contributed by atoms with Gasteiger partial charge in [0.25, 0.3) is 11.5 Å². The van der Waals surface area contributed by atoms with Crippen LogP contribution in [0.3, 0.4) is 0 Å². The van der Waals surface area contributed by atoms with Crippen LogP contribution in [0.15, 0.2) is 21.4 Å². The molecular weight excluding hydrogens is 194 g/mol. The molecule has 8 heteroatoms. The summed E-state index contributed by atoms with van der Waals surface area (Å²) >= 11 is 0.